The van der Waals surface area contributed by atoms with Crippen molar-refractivity contribution in [1.82, 2.24) is 0 Å². The molecule has 0 heterocycles. The standard InChI is InChI=1S/C11H18F2O3/c1-3-16-9(14)8(2)10(15)4-6-11(12,13)7-5-10/h8,15H,3-7H2,1-2H3. The summed E-state index contributed by atoms with van der Waals surface area (Å²) in [4.78, 5) is 11.4. The number of hydrogen-bond acceptors (Lipinski definition) is 3. The molecule has 1 rings (SSSR count). The third-order valence-corrected chi connectivity index (χ3v) is 3.29. The van der Waals surface area contributed by atoms with Crippen LogP contribution in [0.2, 0.25) is 0 Å². The van der Waals surface area contributed by atoms with Crippen LogP contribution >= 0.6 is 0 Å². The molecule has 0 aromatic heterocycles. The molecule has 94 valence electrons. The fourth-order valence-corrected chi connectivity index (χ4v) is 1.97. The monoisotopic (exact) mass is 236 g/mol. The third-order valence-electron chi connectivity index (χ3n) is 3.29. The molecule has 16 heavy (non-hydrogen) atoms. The first-order chi connectivity index (χ1) is 7.31. The number of aliphatic hydroxyl groups is 1. The van der Waals surface area contributed by atoms with Gasteiger partial charge < -0.3 is 9.84 Å². The summed E-state index contributed by atoms with van der Waals surface area (Å²) in [5.41, 5.74) is -1.34. The highest BCUT2D eigenvalue weighted by Gasteiger charge is 2.47. The second-order valence-corrected chi connectivity index (χ2v) is 4.43. The first-order valence-electron chi connectivity index (χ1n) is 5.57. The summed E-state index contributed by atoms with van der Waals surface area (Å²) in [5.74, 6) is -3.97. The molecule has 1 saturated carbocycles. The average Bonchev–Trinajstić information content (AvgIpc) is 2.22. The van der Waals surface area contributed by atoms with Crippen LogP contribution in [0.15, 0.2) is 0 Å². The van der Waals surface area contributed by atoms with Crippen LogP contribution in [0.3, 0.4) is 0 Å². The maximum absolute atomic E-state index is 12.9. The van der Waals surface area contributed by atoms with Crippen molar-refractivity contribution in [2.24, 2.45) is 5.92 Å². The minimum absolute atomic E-state index is 0.0556. The van der Waals surface area contributed by atoms with Gasteiger partial charge in [-0.05, 0) is 26.7 Å². The van der Waals surface area contributed by atoms with Crippen molar-refractivity contribution in [2.45, 2.75) is 51.1 Å². The van der Waals surface area contributed by atoms with E-state index in [1.54, 1.807) is 6.92 Å². The molecule has 5 heteroatoms. The van der Waals surface area contributed by atoms with Crippen LogP contribution in [0.1, 0.15) is 39.5 Å². The van der Waals surface area contributed by atoms with Crippen molar-refractivity contribution in [3.8, 4) is 0 Å². The Labute approximate surface area is 93.8 Å². The minimum Gasteiger partial charge on any atom is -0.466 e. The highest BCUT2D eigenvalue weighted by Crippen LogP contribution is 2.42. The van der Waals surface area contributed by atoms with Gasteiger partial charge in [-0.3, -0.25) is 4.79 Å². The van der Waals surface area contributed by atoms with Crippen molar-refractivity contribution >= 4 is 5.97 Å². The minimum atomic E-state index is -2.71. The summed E-state index contributed by atoms with van der Waals surface area (Å²) in [7, 11) is 0. The molecular weight excluding hydrogens is 218 g/mol. The summed E-state index contributed by atoms with van der Waals surface area (Å²) in [6, 6.07) is 0. The van der Waals surface area contributed by atoms with Crippen LogP contribution in [0.4, 0.5) is 8.78 Å². The molecule has 0 bridgehead atoms. The SMILES string of the molecule is CCOC(=O)C(C)C1(O)CCC(F)(F)CC1. The molecule has 1 unspecified atom stereocenters. The second kappa shape index (κ2) is 4.65. The summed E-state index contributed by atoms with van der Waals surface area (Å²) >= 11 is 0. The highest BCUT2D eigenvalue weighted by molar-refractivity contribution is 5.73. The van der Waals surface area contributed by atoms with Gasteiger partial charge >= 0.3 is 5.97 Å². The van der Waals surface area contributed by atoms with Gasteiger partial charge in [-0.15, -0.1) is 0 Å². The van der Waals surface area contributed by atoms with Gasteiger partial charge in [-0.2, -0.15) is 0 Å². The Kier molecular flexibility index (Phi) is 3.88. The maximum Gasteiger partial charge on any atom is 0.311 e. The Morgan fingerprint density at radius 3 is 2.31 bits per heavy atom. The molecule has 1 aliphatic rings. The van der Waals surface area contributed by atoms with Gasteiger partial charge in [-0.25, -0.2) is 8.78 Å². The molecule has 1 atom stereocenters. The maximum atomic E-state index is 12.9. The van der Waals surface area contributed by atoms with E-state index in [4.69, 9.17) is 4.74 Å². The van der Waals surface area contributed by atoms with Crippen LogP contribution in [0.25, 0.3) is 0 Å². The van der Waals surface area contributed by atoms with E-state index in [2.05, 4.69) is 0 Å². The van der Waals surface area contributed by atoms with Crippen molar-refractivity contribution in [3.63, 3.8) is 0 Å². The van der Waals surface area contributed by atoms with Crippen LogP contribution in [0.5, 0.6) is 0 Å². The lowest BCUT2D eigenvalue weighted by Crippen LogP contribution is -2.46. The van der Waals surface area contributed by atoms with Gasteiger partial charge in [0.15, 0.2) is 0 Å². The summed E-state index contributed by atoms with van der Waals surface area (Å²) in [6.07, 6.45) is -0.847. The van der Waals surface area contributed by atoms with E-state index in [-0.39, 0.29) is 32.3 Å². The van der Waals surface area contributed by atoms with E-state index in [0.29, 0.717) is 0 Å². The Balaban J connectivity index is 2.62. The lowest BCUT2D eigenvalue weighted by Gasteiger charge is -2.38. The Bertz CT molecular complexity index is 256. The largest absolute Gasteiger partial charge is 0.466 e. The molecule has 0 aromatic rings. The predicted molar refractivity (Wildman–Crippen MR) is 54.2 cm³/mol. The zero-order valence-corrected chi connectivity index (χ0v) is 9.63. The summed E-state index contributed by atoms with van der Waals surface area (Å²) in [6.45, 7) is 3.43. The molecule has 0 spiro atoms. The van der Waals surface area contributed by atoms with E-state index in [9.17, 15) is 18.7 Å². The van der Waals surface area contributed by atoms with E-state index in [1.165, 1.54) is 6.92 Å². The van der Waals surface area contributed by atoms with E-state index in [1.807, 2.05) is 0 Å². The van der Waals surface area contributed by atoms with Gasteiger partial charge in [0.25, 0.3) is 0 Å². The quantitative estimate of drug-likeness (QED) is 0.763. The van der Waals surface area contributed by atoms with E-state index >= 15 is 0 Å². The first kappa shape index (κ1) is 13.4. The summed E-state index contributed by atoms with van der Waals surface area (Å²) in [5, 5.41) is 10.1. The molecular formula is C11H18F2O3. The Morgan fingerprint density at radius 1 is 1.38 bits per heavy atom. The Hall–Kier alpha value is -0.710. The topological polar surface area (TPSA) is 46.5 Å². The van der Waals surface area contributed by atoms with Crippen molar-refractivity contribution in [3.05, 3.63) is 0 Å². The molecule has 1 fully saturated rings. The van der Waals surface area contributed by atoms with E-state index in [0.717, 1.165) is 0 Å². The number of hydrogen-bond donors (Lipinski definition) is 1. The molecule has 1 N–H and O–H groups in total. The number of esters is 1. The Morgan fingerprint density at radius 2 is 1.88 bits per heavy atom. The van der Waals surface area contributed by atoms with Gasteiger partial charge in [0.1, 0.15) is 0 Å². The van der Waals surface area contributed by atoms with Gasteiger partial charge in [0, 0.05) is 12.8 Å². The second-order valence-electron chi connectivity index (χ2n) is 4.43. The molecule has 0 aliphatic heterocycles. The van der Waals surface area contributed by atoms with Crippen molar-refractivity contribution < 1.29 is 23.4 Å². The van der Waals surface area contributed by atoms with Crippen molar-refractivity contribution in [1.29, 1.82) is 0 Å². The number of halogens is 2. The molecule has 0 amide bonds. The first-order valence-corrected chi connectivity index (χ1v) is 5.57. The highest BCUT2D eigenvalue weighted by atomic mass is 19.3. The zero-order valence-electron chi connectivity index (χ0n) is 9.63. The van der Waals surface area contributed by atoms with Gasteiger partial charge in [-0.1, -0.05) is 0 Å². The fraction of sp³-hybridized carbons (Fsp3) is 0.909. The zero-order chi connectivity index (χ0) is 12.4. The molecule has 0 saturated heterocycles. The third kappa shape index (κ3) is 2.90. The number of ether oxygens (including phenoxy) is 1. The molecule has 0 aromatic carbocycles. The number of carbonyl (C=O) groups excluding carboxylic acids is 1. The predicted octanol–water partition coefficient (Wildman–Crippen LogP) is 2.13. The van der Waals surface area contributed by atoms with Gasteiger partial charge in [0.2, 0.25) is 5.92 Å². The molecule has 3 nitrogen and oxygen atoms in total. The van der Waals surface area contributed by atoms with Crippen LogP contribution in [0, 0.1) is 5.92 Å². The molecule has 1 aliphatic carbocycles. The van der Waals surface area contributed by atoms with Crippen LogP contribution in [-0.2, 0) is 9.53 Å². The smallest absolute Gasteiger partial charge is 0.311 e. The number of carbonyl (C=O) groups is 1. The van der Waals surface area contributed by atoms with Gasteiger partial charge in [0.05, 0.1) is 18.1 Å². The van der Waals surface area contributed by atoms with Crippen LogP contribution in [-0.4, -0.2) is 29.2 Å². The fourth-order valence-electron chi connectivity index (χ4n) is 1.97. The summed E-state index contributed by atoms with van der Waals surface area (Å²) < 4.78 is 30.7. The lowest BCUT2D eigenvalue weighted by atomic mass is 9.75. The van der Waals surface area contributed by atoms with Crippen LogP contribution < -0.4 is 0 Å². The average molecular weight is 236 g/mol. The lowest BCUT2D eigenvalue weighted by molar-refractivity contribution is -0.167. The normalized spacial score (nSPS) is 24.8. The number of alkyl halides is 2. The van der Waals surface area contributed by atoms with E-state index < -0.39 is 23.4 Å². The van der Waals surface area contributed by atoms with Crippen molar-refractivity contribution in [2.75, 3.05) is 6.61 Å². The molecule has 0 radical (unpaired) electrons. The number of rotatable bonds is 3.